The van der Waals surface area contributed by atoms with Crippen molar-refractivity contribution in [1.29, 1.82) is 0 Å². The number of thiazole rings is 1. The highest BCUT2D eigenvalue weighted by atomic mass is 32.2. The molecule has 0 saturated heterocycles. The lowest BCUT2D eigenvalue weighted by Gasteiger charge is -2.04. The van der Waals surface area contributed by atoms with Crippen molar-refractivity contribution in [2.75, 3.05) is 6.61 Å². The SMILES string of the molecule is C=CCn1/c(=N/S(=O)(=O)c2ccc(C)cc2)sc2cc(OCC)ccc21. The standard InChI is InChI=1S/C19H20N2O3S2/c1-4-12-21-17-11-8-15(24-5-2)13-18(17)25-19(21)20-26(22,23)16-9-6-14(3)7-10-16/h4,6-11,13H,1,5,12H2,2-3H3/b20-19-. The van der Waals surface area contributed by atoms with Crippen LogP contribution in [0.15, 0.2) is 64.4 Å². The molecule has 5 nitrogen and oxygen atoms in total. The van der Waals surface area contributed by atoms with E-state index >= 15 is 0 Å². The Morgan fingerprint density at radius 3 is 2.62 bits per heavy atom. The number of benzene rings is 2. The molecule has 1 heterocycles. The first-order chi connectivity index (χ1) is 12.4. The molecule has 1 aromatic heterocycles. The molecule has 0 aliphatic carbocycles. The Kier molecular flexibility index (Phi) is 5.29. The van der Waals surface area contributed by atoms with Crippen molar-refractivity contribution in [1.82, 2.24) is 4.57 Å². The van der Waals surface area contributed by atoms with Gasteiger partial charge in [-0.05, 0) is 44.2 Å². The summed E-state index contributed by atoms with van der Waals surface area (Å²) in [6.07, 6.45) is 1.72. The number of ether oxygens (including phenoxy) is 1. The molecule has 0 atom stereocenters. The number of hydrogen-bond donors (Lipinski definition) is 0. The van der Waals surface area contributed by atoms with Crippen molar-refractivity contribution in [2.45, 2.75) is 25.3 Å². The van der Waals surface area contributed by atoms with Crippen LogP contribution in [0.2, 0.25) is 0 Å². The van der Waals surface area contributed by atoms with Gasteiger partial charge in [0.25, 0.3) is 10.0 Å². The van der Waals surface area contributed by atoms with E-state index in [0.717, 1.165) is 21.5 Å². The molecule has 2 aromatic carbocycles. The van der Waals surface area contributed by atoms with Gasteiger partial charge in [0, 0.05) is 6.54 Å². The van der Waals surface area contributed by atoms with Crippen LogP contribution in [0.1, 0.15) is 12.5 Å². The van der Waals surface area contributed by atoms with E-state index in [1.54, 1.807) is 30.3 Å². The van der Waals surface area contributed by atoms with Gasteiger partial charge in [-0.3, -0.25) is 0 Å². The van der Waals surface area contributed by atoms with Crippen LogP contribution in [0.3, 0.4) is 0 Å². The van der Waals surface area contributed by atoms with E-state index in [1.807, 2.05) is 36.6 Å². The fraction of sp³-hybridized carbons (Fsp3) is 0.211. The number of aryl methyl sites for hydroxylation is 1. The quantitative estimate of drug-likeness (QED) is 0.602. The Bertz CT molecular complexity index is 1110. The van der Waals surface area contributed by atoms with Gasteiger partial charge < -0.3 is 9.30 Å². The number of sulfonamides is 1. The second-order valence-electron chi connectivity index (χ2n) is 5.73. The molecule has 0 fully saturated rings. The predicted molar refractivity (Wildman–Crippen MR) is 105 cm³/mol. The molecule has 0 aliphatic heterocycles. The largest absolute Gasteiger partial charge is 0.494 e. The van der Waals surface area contributed by atoms with Crippen molar-refractivity contribution in [2.24, 2.45) is 4.40 Å². The molecule has 0 unspecified atom stereocenters. The van der Waals surface area contributed by atoms with E-state index in [2.05, 4.69) is 11.0 Å². The van der Waals surface area contributed by atoms with Crippen LogP contribution in [0.4, 0.5) is 0 Å². The summed E-state index contributed by atoms with van der Waals surface area (Å²) in [5.74, 6) is 0.750. The second-order valence-corrected chi connectivity index (χ2v) is 8.34. The number of fused-ring (bicyclic) bond motifs is 1. The molecule has 26 heavy (non-hydrogen) atoms. The smallest absolute Gasteiger partial charge is 0.285 e. The van der Waals surface area contributed by atoms with Crippen LogP contribution in [0, 0.1) is 6.92 Å². The molecule has 0 saturated carbocycles. The van der Waals surface area contributed by atoms with Gasteiger partial charge in [0.05, 0.1) is 21.7 Å². The van der Waals surface area contributed by atoms with Gasteiger partial charge in [-0.1, -0.05) is 35.1 Å². The third kappa shape index (κ3) is 3.73. The minimum absolute atomic E-state index is 0.181. The Morgan fingerprint density at radius 1 is 1.23 bits per heavy atom. The van der Waals surface area contributed by atoms with Crippen molar-refractivity contribution in [3.05, 3.63) is 65.5 Å². The van der Waals surface area contributed by atoms with Gasteiger partial charge in [0.15, 0.2) is 0 Å². The summed E-state index contributed by atoms with van der Waals surface area (Å²) < 4.78 is 37.8. The van der Waals surface area contributed by atoms with Gasteiger partial charge in [0.1, 0.15) is 5.75 Å². The highest BCUT2D eigenvalue weighted by Crippen LogP contribution is 2.24. The maximum atomic E-state index is 12.7. The maximum Gasteiger partial charge on any atom is 0.285 e. The fourth-order valence-electron chi connectivity index (χ4n) is 2.55. The summed E-state index contributed by atoms with van der Waals surface area (Å²) in [7, 11) is -3.79. The Morgan fingerprint density at radius 2 is 1.96 bits per heavy atom. The van der Waals surface area contributed by atoms with Gasteiger partial charge in [0.2, 0.25) is 4.80 Å². The number of allylic oxidation sites excluding steroid dienone is 1. The number of hydrogen-bond acceptors (Lipinski definition) is 4. The molecular weight excluding hydrogens is 368 g/mol. The van der Waals surface area contributed by atoms with E-state index in [0.29, 0.717) is 18.0 Å². The zero-order valence-electron chi connectivity index (χ0n) is 14.7. The number of aromatic nitrogens is 1. The summed E-state index contributed by atoms with van der Waals surface area (Å²) in [6, 6.07) is 12.4. The highest BCUT2D eigenvalue weighted by Gasteiger charge is 2.14. The van der Waals surface area contributed by atoms with E-state index in [-0.39, 0.29) is 4.90 Å². The maximum absolute atomic E-state index is 12.7. The molecule has 0 bridgehead atoms. The summed E-state index contributed by atoms with van der Waals surface area (Å²) in [5, 5.41) is 0. The first-order valence-corrected chi connectivity index (χ1v) is 10.4. The average Bonchev–Trinajstić information content (AvgIpc) is 2.92. The topological polar surface area (TPSA) is 60.7 Å². The molecule has 3 rings (SSSR count). The Labute approximate surface area is 157 Å². The molecule has 7 heteroatoms. The molecule has 0 radical (unpaired) electrons. The number of rotatable bonds is 6. The summed E-state index contributed by atoms with van der Waals surface area (Å²) in [4.78, 5) is 0.592. The lowest BCUT2D eigenvalue weighted by Crippen LogP contribution is -2.16. The molecule has 0 aliphatic rings. The van der Waals surface area contributed by atoms with E-state index in [9.17, 15) is 8.42 Å². The van der Waals surface area contributed by atoms with E-state index in [4.69, 9.17) is 4.74 Å². The summed E-state index contributed by atoms with van der Waals surface area (Å²) in [6.45, 7) is 8.64. The molecule has 3 aromatic rings. The molecule has 0 spiro atoms. The van der Waals surface area contributed by atoms with Crippen LogP contribution in [-0.4, -0.2) is 19.6 Å². The van der Waals surface area contributed by atoms with E-state index in [1.165, 1.54) is 11.3 Å². The molecule has 0 N–H and O–H groups in total. The second kappa shape index (κ2) is 7.47. The monoisotopic (exact) mass is 388 g/mol. The predicted octanol–water partition coefficient (Wildman–Crippen LogP) is 3.89. The van der Waals surface area contributed by atoms with Crippen molar-refractivity contribution in [3.63, 3.8) is 0 Å². The van der Waals surface area contributed by atoms with Gasteiger partial charge in [-0.15, -0.1) is 11.0 Å². The average molecular weight is 389 g/mol. The lowest BCUT2D eigenvalue weighted by atomic mass is 10.2. The minimum Gasteiger partial charge on any atom is -0.494 e. The van der Waals surface area contributed by atoms with E-state index < -0.39 is 10.0 Å². The summed E-state index contributed by atoms with van der Waals surface area (Å²) in [5.41, 5.74) is 1.90. The van der Waals surface area contributed by atoms with Crippen LogP contribution >= 0.6 is 11.3 Å². The number of nitrogens with zero attached hydrogens (tertiary/aromatic N) is 2. The lowest BCUT2D eigenvalue weighted by molar-refractivity contribution is 0.341. The molecule has 136 valence electrons. The van der Waals surface area contributed by atoms with Gasteiger partial charge >= 0.3 is 0 Å². The van der Waals surface area contributed by atoms with Crippen LogP contribution in [-0.2, 0) is 16.6 Å². The third-order valence-corrected chi connectivity index (χ3v) is 6.23. The zero-order valence-corrected chi connectivity index (χ0v) is 16.3. The molecule has 0 amide bonds. The third-order valence-electron chi connectivity index (χ3n) is 3.79. The normalized spacial score (nSPS) is 12.5. The van der Waals surface area contributed by atoms with Crippen molar-refractivity contribution < 1.29 is 13.2 Å². The minimum atomic E-state index is -3.79. The van der Waals surface area contributed by atoms with Crippen LogP contribution in [0.5, 0.6) is 5.75 Å². The van der Waals surface area contributed by atoms with Crippen LogP contribution in [0.25, 0.3) is 10.2 Å². The Hall–Kier alpha value is -2.38. The fourth-order valence-corrected chi connectivity index (χ4v) is 4.82. The van der Waals surface area contributed by atoms with Crippen molar-refractivity contribution in [3.8, 4) is 5.75 Å². The Balaban J connectivity index is 2.18. The zero-order chi connectivity index (χ0) is 18.7. The summed E-state index contributed by atoms with van der Waals surface area (Å²) >= 11 is 1.32. The first-order valence-electron chi connectivity index (χ1n) is 8.19. The van der Waals surface area contributed by atoms with Gasteiger partial charge in [-0.2, -0.15) is 8.42 Å². The molecular formula is C19H20N2O3S2. The van der Waals surface area contributed by atoms with Crippen LogP contribution < -0.4 is 9.54 Å². The first kappa shape index (κ1) is 18.4. The van der Waals surface area contributed by atoms with Gasteiger partial charge in [-0.25, -0.2) is 0 Å². The van der Waals surface area contributed by atoms with Crippen molar-refractivity contribution >= 4 is 31.6 Å². The highest BCUT2D eigenvalue weighted by molar-refractivity contribution is 7.90.